The molecule has 0 radical (unpaired) electrons. The minimum atomic E-state index is -0.740. The van der Waals surface area contributed by atoms with Gasteiger partial charge in [0.05, 0.1) is 11.4 Å². The van der Waals surface area contributed by atoms with Gasteiger partial charge in [-0.25, -0.2) is 4.98 Å². The molecule has 2 heterocycles. The van der Waals surface area contributed by atoms with Gasteiger partial charge < -0.3 is 10.1 Å². The van der Waals surface area contributed by atoms with Crippen LogP contribution in [0.4, 0.5) is 0 Å². The fraction of sp³-hybridized carbons (Fsp3) is 0.333. The SMILES string of the molecule is O=C(O)C1(c2nc(-c3ccc[nH]3)cs2)CCC1. The number of aromatic amines is 1. The van der Waals surface area contributed by atoms with Gasteiger partial charge in [-0.3, -0.25) is 4.79 Å². The van der Waals surface area contributed by atoms with Crippen molar-refractivity contribution in [2.45, 2.75) is 24.7 Å². The van der Waals surface area contributed by atoms with Gasteiger partial charge in [-0.2, -0.15) is 0 Å². The number of carboxylic acids is 1. The third kappa shape index (κ3) is 1.50. The summed E-state index contributed by atoms with van der Waals surface area (Å²) in [5.74, 6) is -0.740. The van der Waals surface area contributed by atoms with Gasteiger partial charge in [0.15, 0.2) is 0 Å². The Morgan fingerprint density at radius 2 is 2.35 bits per heavy atom. The number of carbonyl (C=O) groups is 1. The van der Waals surface area contributed by atoms with Crippen molar-refractivity contribution in [2.75, 3.05) is 0 Å². The fourth-order valence-electron chi connectivity index (χ4n) is 2.16. The predicted molar refractivity (Wildman–Crippen MR) is 65.1 cm³/mol. The Balaban J connectivity index is 1.98. The molecule has 5 heteroatoms. The zero-order chi connectivity index (χ0) is 11.9. The molecule has 0 aliphatic heterocycles. The van der Waals surface area contributed by atoms with Crippen LogP contribution in [0.15, 0.2) is 23.7 Å². The largest absolute Gasteiger partial charge is 0.481 e. The van der Waals surface area contributed by atoms with Crippen LogP contribution in [0.25, 0.3) is 11.4 Å². The molecule has 0 atom stereocenters. The minimum absolute atomic E-state index is 0.708. The van der Waals surface area contributed by atoms with Crippen LogP contribution in [0.5, 0.6) is 0 Å². The van der Waals surface area contributed by atoms with Crippen LogP contribution >= 0.6 is 11.3 Å². The second kappa shape index (κ2) is 3.70. The molecule has 0 amide bonds. The Kier molecular flexibility index (Phi) is 2.29. The molecule has 3 rings (SSSR count). The highest BCUT2D eigenvalue weighted by Gasteiger charge is 2.48. The molecular formula is C12H12N2O2S. The van der Waals surface area contributed by atoms with Crippen LogP contribution in [0, 0.1) is 0 Å². The van der Waals surface area contributed by atoms with E-state index in [1.165, 1.54) is 11.3 Å². The van der Waals surface area contributed by atoms with Gasteiger partial charge in [-0.15, -0.1) is 11.3 Å². The summed E-state index contributed by atoms with van der Waals surface area (Å²) in [4.78, 5) is 18.9. The van der Waals surface area contributed by atoms with Crippen LogP contribution in [0.3, 0.4) is 0 Å². The number of rotatable bonds is 3. The van der Waals surface area contributed by atoms with Crippen molar-refractivity contribution in [2.24, 2.45) is 0 Å². The maximum absolute atomic E-state index is 11.4. The number of thiazole rings is 1. The quantitative estimate of drug-likeness (QED) is 0.877. The van der Waals surface area contributed by atoms with Gasteiger partial charge in [0.25, 0.3) is 0 Å². The van der Waals surface area contributed by atoms with E-state index in [0.29, 0.717) is 12.8 Å². The summed E-state index contributed by atoms with van der Waals surface area (Å²) < 4.78 is 0. The van der Waals surface area contributed by atoms with Gasteiger partial charge >= 0.3 is 5.97 Å². The summed E-state index contributed by atoms with van der Waals surface area (Å²) in [7, 11) is 0. The molecule has 2 N–H and O–H groups in total. The number of nitrogens with zero attached hydrogens (tertiary/aromatic N) is 1. The standard InChI is InChI=1S/C12H12N2O2S/c15-11(16)12(4-2-5-12)10-14-9(7-17-10)8-3-1-6-13-8/h1,3,6-7,13H,2,4-5H2,(H,15,16). The Hall–Kier alpha value is -1.62. The molecule has 17 heavy (non-hydrogen) atoms. The molecule has 1 aliphatic carbocycles. The molecule has 1 saturated carbocycles. The van der Waals surface area contributed by atoms with E-state index in [9.17, 15) is 9.90 Å². The van der Waals surface area contributed by atoms with Crippen molar-refractivity contribution in [3.05, 3.63) is 28.7 Å². The third-order valence-corrected chi connectivity index (χ3v) is 4.45. The summed E-state index contributed by atoms with van der Waals surface area (Å²) in [6.45, 7) is 0. The molecule has 1 aliphatic rings. The maximum atomic E-state index is 11.4. The van der Waals surface area contributed by atoms with E-state index in [-0.39, 0.29) is 0 Å². The minimum Gasteiger partial charge on any atom is -0.481 e. The average Bonchev–Trinajstić information content (AvgIpc) is 2.83. The number of hydrogen-bond acceptors (Lipinski definition) is 3. The number of carboxylic acid groups (broad SMARTS) is 1. The molecule has 1 fully saturated rings. The lowest BCUT2D eigenvalue weighted by molar-refractivity contribution is -0.147. The van der Waals surface area contributed by atoms with Crippen molar-refractivity contribution in [3.63, 3.8) is 0 Å². The average molecular weight is 248 g/mol. The van der Waals surface area contributed by atoms with Crippen molar-refractivity contribution in [1.29, 1.82) is 0 Å². The molecule has 2 aromatic heterocycles. The summed E-state index contributed by atoms with van der Waals surface area (Å²) >= 11 is 1.45. The Bertz CT molecular complexity index is 541. The van der Waals surface area contributed by atoms with Gasteiger partial charge in [0.1, 0.15) is 10.4 Å². The molecule has 0 aromatic carbocycles. The molecule has 2 aromatic rings. The summed E-state index contributed by atoms with van der Waals surface area (Å²) in [5, 5.41) is 12.0. The number of hydrogen-bond donors (Lipinski definition) is 2. The Labute approximate surface area is 102 Å². The van der Waals surface area contributed by atoms with Crippen LogP contribution in [0.2, 0.25) is 0 Å². The zero-order valence-electron chi connectivity index (χ0n) is 9.14. The molecule has 0 saturated heterocycles. The number of nitrogens with one attached hydrogen (secondary N) is 1. The number of H-pyrrole nitrogens is 1. The van der Waals surface area contributed by atoms with Gasteiger partial charge in [0.2, 0.25) is 0 Å². The van der Waals surface area contributed by atoms with Crippen molar-refractivity contribution >= 4 is 17.3 Å². The van der Waals surface area contributed by atoms with Gasteiger partial charge in [-0.1, -0.05) is 6.42 Å². The first kappa shape index (κ1) is 10.5. The third-order valence-electron chi connectivity index (χ3n) is 3.40. The smallest absolute Gasteiger partial charge is 0.316 e. The zero-order valence-corrected chi connectivity index (χ0v) is 9.96. The van der Waals surface area contributed by atoms with Crippen LogP contribution < -0.4 is 0 Å². The topological polar surface area (TPSA) is 66.0 Å². The van der Waals surface area contributed by atoms with E-state index in [1.54, 1.807) is 0 Å². The molecule has 0 bridgehead atoms. The van der Waals surface area contributed by atoms with Crippen molar-refractivity contribution in [1.82, 2.24) is 9.97 Å². The first-order valence-electron chi connectivity index (χ1n) is 5.55. The molecule has 0 unspecified atom stereocenters. The Morgan fingerprint density at radius 3 is 2.88 bits per heavy atom. The van der Waals surface area contributed by atoms with E-state index in [2.05, 4.69) is 9.97 Å². The first-order chi connectivity index (χ1) is 8.22. The second-order valence-electron chi connectivity index (χ2n) is 4.36. The van der Waals surface area contributed by atoms with Gasteiger partial charge in [0, 0.05) is 11.6 Å². The monoisotopic (exact) mass is 248 g/mol. The summed E-state index contributed by atoms with van der Waals surface area (Å²) in [6.07, 6.45) is 4.23. The number of aromatic nitrogens is 2. The van der Waals surface area contributed by atoms with E-state index >= 15 is 0 Å². The highest BCUT2D eigenvalue weighted by molar-refractivity contribution is 7.10. The first-order valence-corrected chi connectivity index (χ1v) is 6.43. The van der Waals surface area contributed by atoms with E-state index in [4.69, 9.17) is 0 Å². The number of aliphatic carboxylic acids is 1. The normalized spacial score (nSPS) is 17.6. The highest BCUT2D eigenvalue weighted by Crippen LogP contribution is 2.45. The molecule has 88 valence electrons. The molecular weight excluding hydrogens is 236 g/mol. The van der Waals surface area contributed by atoms with Gasteiger partial charge in [-0.05, 0) is 25.0 Å². The summed E-state index contributed by atoms with van der Waals surface area (Å²) in [6, 6.07) is 3.84. The van der Waals surface area contributed by atoms with E-state index in [0.717, 1.165) is 22.8 Å². The highest BCUT2D eigenvalue weighted by atomic mass is 32.1. The maximum Gasteiger partial charge on any atom is 0.316 e. The van der Waals surface area contributed by atoms with E-state index in [1.807, 2.05) is 23.7 Å². The fourth-order valence-corrected chi connectivity index (χ4v) is 3.23. The lowest BCUT2D eigenvalue weighted by atomic mass is 9.69. The molecule has 0 spiro atoms. The predicted octanol–water partition coefficient (Wildman–Crippen LogP) is 2.64. The lowest BCUT2D eigenvalue weighted by Crippen LogP contribution is -2.42. The molecule has 4 nitrogen and oxygen atoms in total. The second-order valence-corrected chi connectivity index (χ2v) is 5.22. The summed E-state index contributed by atoms with van der Waals surface area (Å²) in [5.41, 5.74) is 1.06. The van der Waals surface area contributed by atoms with Crippen molar-refractivity contribution < 1.29 is 9.90 Å². The van der Waals surface area contributed by atoms with E-state index < -0.39 is 11.4 Å². The lowest BCUT2D eigenvalue weighted by Gasteiger charge is -2.35. The van der Waals surface area contributed by atoms with Crippen molar-refractivity contribution in [3.8, 4) is 11.4 Å². The van der Waals surface area contributed by atoms with Crippen LogP contribution in [-0.4, -0.2) is 21.0 Å². The van der Waals surface area contributed by atoms with Crippen LogP contribution in [0.1, 0.15) is 24.3 Å². The van der Waals surface area contributed by atoms with Crippen LogP contribution in [-0.2, 0) is 10.2 Å². The Morgan fingerprint density at radius 1 is 1.53 bits per heavy atom.